The Morgan fingerprint density at radius 2 is 1.83 bits per heavy atom. The number of hydrogen-bond donors (Lipinski definition) is 4. The fourth-order valence-corrected chi connectivity index (χ4v) is 5.02. The molecule has 0 aliphatic carbocycles. The van der Waals surface area contributed by atoms with E-state index in [1.807, 2.05) is 26.8 Å². The molecule has 1 heterocycles. The van der Waals surface area contributed by atoms with E-state index in [1.54, 1.807) is 47.5 Å². The van der Waals surface area contributed by atoms with Gasteiger partial charge in [0, 0.05) is 23.9 Å². The molecule has 4 rings (SSSR count). The number of nitrogens with zero attached hydrogens (tertiary/aromatic N) is 3. The van der Waals surface area contributed by atoms with Crippen molar-refractivity contribution in [1.29, 1.82) is 5.26 Å². The number of nitrogens with two attached hydrogens (primary N) is 2. The molecule has 10 heteroatoms. The van der Waals surface area contributed by atoms with Gasteiger partial charge in [0.1, 0.15) is 11.6 Å². The molecule has 0 radical (unpaired) electrons. The number of nitrogens with one attached hydrogen (secondary N) is 1. The number of phenolic OH excluding ortho intramolecular Hbond substituents is 1. The number of H-pyrrole nitrogens is 1. The number of nitriles is 1. The quantitative estimate of drug-likeness (QED) is 0.211. The molecule has 0 spiro atoms. The van der Waals surface area contributed by atoms with Crippen LogP contribution in [-0.2, 0) is 17.8 Å². The second-order valence-corrected chi connectivity index (χ2v) is 10.2. The number of phenols is 1. The van der Waals surface area contributed by atoms with Crippen LogP contribution in [0.1, 0.15) is 67.3 Å². The normalized spacial score (nSPS) is 12.3. The number of primary amides is 1. The number of aldehydes is 1. The number of carbonyl (C=O) groups is 3. The number of hydrogen-bond acceptors (Lipinski definition) is 7. The zero-order chi connectivity index (χ0) is 30.6. The lowest BCUT2D eigenvalue weighted by Crippen LogP contribution is -2.46. The largest absolute Gasteiger partial charge is 0.507 e. The SMILES string of the molecule is Cc1cc(C(N)=O)cc(C)c1C[C@H](N)C(=O)N(Cc1ccc(O)c(C=O)c1)[C@@H](C)c1nc(-c2ccccc2C#N)c[nH]1. The number of aromatic hydroxyl groups is 1. The van der Waals surface area contributed by atoms with Gasteiger partial charge in [-0.25, -0.2) is 4.98 Å². The van der Waals surface area contributed by atoms with E-state index < -0.39 is 18.0 Å². The van der Waals surface area contributed by atoms with E-state index in [1.165, 1.54) is 12.1 Å². The summed E-state index contributed by atoms with van der Waals surface area (Å²) >= 11 is 0. The minimum Gasteiger partial charge on any atom is -0.507 e. The van der Waals surface area contributed by atoms with Gasteiger partial charge in [0.2, 0.25) is 11.8 Å². The van der Waals surface area contributed by atoms with E-state index in [4.69, 9.17) is 16.5 Å². The van der Waals surface area contributed by atoms with Crippen LogP contribution in [0, 0.1) is 25.2 Å². The lowest BCUT2D eigenvalue weighted by Gasteiger charge is -2.31. The molecular weight excluding hydrogens is 532 g/mol. The zero-order valence-electron chi connectivity index (χ0n) is 23.6. The van der Waals surface area contributed by atoms with Crippen LogP contribution in [0.4, 0.5) is 0 Å². The Morgan fingerprint density at radius 1 is 1.14 bits per heavy atom. The molecule has 3 aromatic carbocycles. The summed E-state index contributed by atoms with van der Waals surface area (Å²) in [5.74, 6) is -0.581. The van der Waals surface area contributed by atoms with Crippen LogP contribution in [-0.4, -0.2) is 44.1 Å². The maximum Gasteiger partial charge on any atom is 0.248 e. The van der Waals surface area contributed by atoms with Crippen molar-refractivity contribution in [3.05, 3.63) is 106 Å². The molecule has 2 atom stereocenters. The number of aryl methyl sites for hydroxylation is 2. The summed E-state index contributed by atoms with van der Waals surface area (Å²) in [6.45, 7) is 5.57. The number of rotatable bonds is 10. The topological polar surface area (TPSA) is 179 Å². The number of amides is 2. The maximum absolute atomic E-state index is 14.0. The molecule has 0 saturated heterocycles. The van der Waals surface area contributed by atoms with Gasteiger partial charge in [-0.2, -0.15) is 5.26 Å². The monoisotopic (exact) mass is 564 g/mol. The summed E-state index contributed by atoms with van der Waals surface area (Å²) in [4.78, 5) is 46.5. The molecule has 2 amide bonds. The molecule has 0 unspecified atom stereocenters. The van der Waals surface area contributed by atoms with Crippen LogP contribution in [0.5, 0.6) is 5.75 Å². The molecule has 10 nitrogen and oxygen atoms in total. The van der Waals surface area contributed by atoms with Crippen LogP contribution in [0.15, 0.2) is 60.8 Å². The highest BCUT2D eigenvalue weighted by Crippen LogP contribution is 2.28. The van der Waals surface area contributed by atoms with Gasteiger partial charge in [-0.3, -0.25) is 14.4 Å². The third-order valence-electron chi connectivity index (χ3n) is 7.36. The van der Waals surface area contributed by atoms with E-state index in [9.17, 15) is 24.8 Å². The number of aromatic amines is 1. The van der Waals surface area contributed by atoms with Gasteiger partial charge in [0.05, 0.1) is 35.0 Å². The van der Waals surface area contributed by atoms with Crippen LogP contribution in [0.25, 0.3) is 11.3 Å². The average Bonchev–Trinajstić information content (AvgIpc) is 3.47. The van der Waals surface area contributed by atoms with Crippen molar-refractivity contribution in [2.24, 2.45) is 11.5 Å². The predicted molar refractivity (Wildman–Crippen MR) is 157 cm³/mol. The van der Waals surface area contributed by atoms with Gasteiger partial charge < -0.3 is 26.5 Å². The fourth-order valence-electron chi connectivity index (χ4n) is 5.02. The van der Waals surface area contributed by atoms with Crippen molar-refractivity contribution in [2.45, 2.75) is 45.8 Å². The van der Waals surface area contributed by atoms with E-state index in [0.717, 1.165) is 16.7 Å². The van der Waals surface area contributed by atoms with Gasteiger partial charge in [0.15, 0.2) is 6.29 Å². The summed E-state index contributed by atoms with van der Waals surface area (Å²) < 4.78 is 0. The van der Waals surface area contributed by atoms with Crippen LogP contribution in [0.2, 0.25) is 0 Å². The molecule has 0 aliphatic heterocycles. The highest BCUT2D eigenvalue weighted by Gasteiger charge is 2.29. The van der Waals surface area contributed by atoms with Crippen LogP contribution < -0.4 is 11.5 Å². The molecule has 4 aromatic rings. The highest BCUT2D eigenvalue weighted by molar-refractivity contribution is 5.93. The molecule has 0 fully saturated rings. The van der Waals surface area contributed by atoms with Crippen molar-refractivity contribution < 1.29 is 19.5 Å². The second kappa shape index (κ2) is 12.5. The van der Waals surface area contributed by atoms with Gasteiger partial charge >= 0.3 is 0 Å². The van der Waals surface area contributed by atoms with Gasteiger partial charge in [0.25, 0.3) is 0 Å². The predicted octanol–water partition coefficient (Wildman–Crippen LogP) is 3.84. The Hall–Kier alpha value is -5.27. The molecule has 0 aliphatic rings. The first-order valence-electron chi connectivity index (χ1n) is 13.3. The summed E-state index contributed by atoms with van der Waals surface area (Å²) in [7, 11) is 0. The summed E-state index contributed by atoms with van der Waals surface area (Å²) in [6.07, 6.45) is 2.45. The average molecular weight is 565 g/mol. The molecule has 42 heavy (non-hydrogen) atoms. The van der Waals surface area contributed by atoms with E-state index in [2.05, 4.69) is 11.1 Å². The van der Waals surface area contributed by atoms with E-state index in [-0.39, 0.29) is 30.2 Å². The Kier molecular flexibility index (Phi) is 8.84. The third kappa shape index (κ3) is 6.22. The van der Waals surface area contributed by atoms with Gasteiger partial charge in [-0.05, 0) is 79.8 Å². The second-order valence-electron chi connectivity index (χ2n) is 10.2. The number of aromatic nitrogens is 2. The lowest BCUT2D eigenvalue weighted by atomic mass is 9.93. The Balaban J connectivity index is 1.68. The minimum atomic E-state index is -0.944. The first-order chi connectivity index (χ1) is 20.0. The number of benzene rings is 3. The molecule has 0 saturated carbocycles. The van der Waals surface area contributed by atoms with Gasteiger partial charge in [-0.15, -0.1) is 0 Å². The maximum atomic E-state index is 14.0. The first kappa shape index (κ1) is 29.7. The number of carbonyl (C=O) groups excluding carboxylic acids is 3. The Morgan fingerprint density at radius 3 is 2.48 bits per heavy atom. The zero-order valence-corrected chi connectivity index (χ0v) is 23.6. The molecule has 0 bridgehead atoms. The third-order valence-corrected chi connectivity index (χ3v) is 7.36. The van der Waals surface area contributed by atoms with Gasteiger partial charge in [-0.1, -0.05) is 24.3 Å². The lowest BCUT2D eigenvalue weighted by molar-refractivity contribution is -0.135. The van der Waals surface area contributed by atoms with Crippen molar-refractivity contribution in [2.75, 3.05) is 0 Å². The fraction of sp³-hybridized carbons (Fsp3) is 0.219. The smallest absolute Gasteiger partial charge is 0.248 e. The Labute approximate surface area is 243 Å². The van der Waals surface area contributed by atoms with E-state index >= 15 is 0 Å². The van der Waals surface area contributed by atoms with Crippen molar-refractivity contribution >= 4 is 18.1 Å². The standard InChI is InChI=1S/C32H32N6O4/c1-18-10-23(30(35)41)11-19(2)26(18)13-27(34)32(42)38(16-21-8-9-29(40)24(12-21)17-39)20(3)31-36-15-28(37-31)25-7-5-4-6-22(25)14-33/h4-12,15,17,20,27,40H,13,16,34H2,1-3H3,(H2,35,41)(H,36,37)/t20-,27-/m0/s1. The van der Waals surface area contributed by atoms with Crippen LogP contribution >= 0.6 is 0 Å². The van der Waals surface area contributed by atoms with Crippen molar-refractivity contribution in [3.8, 4) is 23.1 Å². The summed E-state index contributed by atoms with van der Waals surface area (Å²) in [6, 6.07) is 15.7. The summed E-state index contributed by atoms with van der Waals surface area (Å²) in [5, 5.41) is 19.5. The van der Waals surface area contributed by atoms with Crippen molar-refractivity contribution in [1.82, 2.24) is 14.9 Å². The molecule has 6 N–H and O–H groups in total. The molecular formula is C32H32N6O4. The highest BCUT2D eigenvalue weighted by atomic mass is 16.3. The van der Waals surface area contributed by atoms with E-state index in [0.29, 0.717) is 40.1 Å². The number of imidazole rings is 1. The minimum absolute atomic E-state index is 0.0816. The summed E-state index contributed by atoms with van der Waals surface area (Å²) in [5.41, 5.74) is 17.2. The molecule has 1 aromatic heterocycles. The molecule has 214 valence electrons. The first-order valence-corrected chi connectivity index (χ1v) is 13.3. The Bertz CT molecular complexity index is 1680. The van der Waals surface area contributed by atoms with Crippen molar-refractivity contribution in [3.63, 3.8) is 0 Å². The van der Waals surface area contributed by atoms with Crippen LogP contribution in [0.3, 0.4) is 0 Å².